The van der Waals surface area contributed by atoms with E-state index in [0.717, 1.165) is 11.3 Å². The summed E-state index contributed by atoms with van der Waals surface area (Å²) in [4.78, 5) is 11.2. The fourth-order valence-electron chi connectivity index (χ4n) is 3.68. The Bertz CT molecular complexity index is 977. The lowest BCUT2D eigenvalue weighted by Gasteiger charge is -2.45. The number of halogens is 1. The van der Waals surface area contributed by atoms with E-state index in [-0.39, 0.29) is 18.7 Å². The minimum atomic E-state index is -1.11. The molecule has 11 heteroatoms. The van der Waals surface area contributed by atoms with Crippen molar-refractivity contribution in [3.8, 4) is 11.3 Å². The fraction of sp³-hybridized carbons (Fsp3) is 0.529. The third-order valence-corrected chi connectivity index (χ3v) is 5.46. The van der Waals surface area contributed by atoms with Crippen LogP contribution in [0, 0.1) is 0 Å². The summed E-state index contributed by atoms with van der Waals surface area (Å²) >= 11 is 0. The van der Waals surface area contributed by atoms with Gasteiger partial charge in [-0.15, -0.1) is 5.10 Å². The molecular weight excluding hydrogens is 367 g/mol. The summed E-state index contributed by atoms with van der Waals surface area (Å²) < 4.78 is 20.8. The molecule has 2 saturated heterocycles. The molecule has 2 aliphatic heterocycles. The molecule has 28 heavy (non-hydrogen) atoms. The van der Waals surface area contributed by atoms with E-state index in [0.29, 0.717) is 36.9 Å². The molecule has 0 unspecified atom stereocenters. The first kappa shape index (κ1) is 17.3. The van der Waals surface area contributed by atoms with Crippen LogP contribution in [0.3, 0.4) is 0 Å². The maximum absolute atomic E-state index is 14.1. The van der Waals surface area contributed by atoms with Crippen LogP contribution in [-0.2, 0) is 4.74 Å². The van der Waals surface area contributed by atoms with Gasteiger partial charge in [0.15, 0.2) is 5.65 Å². The van der Waals surface area contributed by atoms with E-state index in [4.69, 9.17) is 4.74 Å². The van der Waals surface area contributed by atoms with Crippen LogP contribution < -0.4 is 10.2 Å². The fourth-order valence-corrected chi connectivity index (χ4v) is 3.68. The summed E-state index contributed by atoms with van der Waals surface area (Å²) in [6.45, 7) is 3.01. The van der Waals surface area contributed by atoms with Gasteiger partial charge in [0.05, 0.1) is 31.0 Å². The molecule has 4 atom stereocenters. The minimum absolute atomic E-state index is 0.0718. The molecule has 148 valence electrons. The predicted octanol–water partition coefficient (Wildman–Crippen LogP) is 0.623. The number of H-pyrrole nitrogens is 1. The van der Waals surface area contributed by atoms with Crippen molar-refractivity contribution in [3.63, 3.8) is 0 Å². The molecule has 3 N–H and O–H groups in total. The molecule has 0 amide bonds. The number of aromatic amines is 1. The Kier molecular flexibility index (Phi) is 4.13. The van der Waals surface area contributed by atoms with E-state index < -0.39 is 12.3 Å². The van der Waals surface area contributed by atoms with Crippen LogP contribution in [0.1, 0.15) is 13.3 Å². The average Bonchev–Trinajstić information content (AvgIpc) is 3.36. The number of anilines is 2. The Labute approximate surface area is 159 Å². The maximum atomic E-state index is 14.1. The van der Waals surface area contributed by atoms with Gasteiger partial charge < -0.3 is 20.1 Å². The molecule has 0 saturated carbocycles. The second kappa shape index (κ2) is 6.67. The van der Waals surface area contributed by atoms with Crippen LogP contribution in [0.2, 0.25) is 0 Å². The zero-order valence-corrected chi connectivity index (χ0v) is 15.3. The summed E-state index contributed by atoms with van der Waals surface area (Å²) in [5.41, 5.74) is 2.88. The van der Waals surface area contributed by atoms with Crippen molar-refractivity contribution in [1.29, 1.82) is 0 Å². The quantitative estimate of drug-likeness (QED) is 0.596. The molecule has 0 radical (unpaired) electrons. The summed E-state index contributed by atoms with van der Waals surface area (Å²) in [5.74, 6) is 0.343. The highest BCUT2D eigenvalue weighted by molar-refractivity contribution is 5.86. The van der Waals surface area contributed by atoms with Crippen molar-refractivity contribution >= 4 is 17.3 Å². The van der Waals surface area contributed by atoms with Crippen LogP contribution in [0.4, 0.5) is 16.0 Å². The number of alkyl halides is 1. The van der Waals surface area contributed by atoms with Gasteiger partial charge in [0, 0.05) is 24.9 Å². The van der Waals surface area contributed by atoms with Gasteiger partial charge in [-0.1, -0.05) is 0 Å². The molecular formula is C17H21FN8O2. The van der Waals surface area contributed by atoms with Gasteiger partial charge in [0.2, 0.25) is 5.95 Å². The number of aliphatic hydroxyl groups excluding tert-OH is 1. The summed E-state index contributed by atoms with van der Waals surface area (Å²) in [5, 5.41) is 24.3. The number of rotatable bonds is 4. The highest BCUT2D eigenvalue weighted by atomic mass is 19.1. The van der Waals surface area contributed by atoms with Crippen molar-refractivity contribution in [3.05, 3.63) is 18.7 Å². The van der Waals surface area contributed by atoms with Crippen molar-refractivity contribution in [2.75, 3.05) is 30.0 Å². The third kappa shape index (κ3) is 2.78. The van der Waals surface area contributed by atoms with Crippen molar-refractivity contribution in [2.45, 2.75) is 37.7 Å². The third-order valence-electron chi connectivity index (χ3n) is 5.46. The Balaban J connectivity index is 1.56. The largest absolute Gasteiger partial charge is 0.389 e. The van der Waals surface area contributed by atoms with Crippen LogP contribution in [0.15, 0.2) is 18.7 Å². The maximum Gasteiger partial charge on any atom is 0.243 e. The molecule has 0 aliphatic carbocycles. The lowest BCUT2D eigenvalue weighted by molar-refractivity contribution is 0.0284. The second-order valence-electron chi connectivity index (χ2n) is 7.22. The first-order valence-electron chi connectivity index (χ1n) is 9.29. The van der Waals surface area contributed by atoms with Crippen molar-refractivity contribution < 1.29 is 14.2 Å². The number of ether oxygens (including phenoxy) is 1. The van der Waals surface area contributed by atoms with Gasteiger partial charge in [-0.3, -0.25) is 5.10 Å². The Morgan fingerprint density at radius 1 is 1.43 bits per heavy atom. The molecule has 10 nitrogen and oxygen atoms in total. The summed E-state index contributed by atoms with van der Waals surface area (Å²) in [7, 11) is 0. The molecule has 0 bridgehead atoms. The molecule has 0 spiro atoms. The normalized spacial score (nSPS) is 27.8. The van der Waals surface area contributed by atoms with Crippen LogP contribution in [-0.4, -0.2) is 79.0 Å². The first-order valence-corrected chi connectivity index (χ1v) is 9.29. The van der Waals surface area contributed by atoms with E-state index in [1.807, 2.05) is 11.8 Å². The Morgan fingerprint density at radius 3 is 3.04 bits per heavy atom. The van der Waals surface area contributed by atoms with Crippen LogP contribution in [0.25, 0.3) is 16.9 Å². The van der Waals surface area contributed by atoms with Gasteiger partial charge in [0.1, 0.15) is 23.9 Å². The number of β-amino-alcohol motifs (C(OH)–C–C–N with tert-alkyl or cyclic N) is 1. The van der Waals surface area contributed by atoms with E-state index in [9.17, 15) is 9.50 Å². The summed E-state index contributed by atoms with van der Waals surface area (Å²) in [6, 6.07) is -0.460. The number of fused-ring (bicyclic) bond motifs is 1. The standard InChI is InChI=1S/C17H21FN8O2/c1-9-13(27)6-25(9)15-14(10-4-20-21-5-10)19-8-26-16(15)23-17(24-26)22-12-2-3-28-7-11(12)18/h4-5,8-9,11-13,27H,2-3,6-7H2,1H3,(H,20,21)(H,22,24)/t9-,11-,12+,13+/m1/s1. The zero-order chi connectivity index (χ0) is 19.3. The zero-order valence-electron chi connectivity index (χ0n) is 15.3. The van der Waals surface area contributed by atoms with E-state index in [1.54, 1.807) is 23.2 Å². The molecule has 3 aromatic heterocycles. The molecule has 5 heterocycles. The topological polar surface area (TPSA) is 116 Å². The van der Waals surface area contributed by atoms with Gasteiger partial charge in [-0.25, -0.2) is 9.37 Å². The Morgan fingerprint density at radius 2 is 2.32 bits per heavy atom. The van der Waals surface area contributed by atoms with Gasteiger partial charge >= 0.3 is 0 Å². The molecule has 3 aromatic rings. The van der Waals surface area contributed by atoms with Crippen molar-refractivity contribution in [2.24, 2.45) is 0 Å². The predicted molar refractivity (Wildman–Crippen MR) is 98.9 cm³/mol. The monoisotopic (exact) mass is 388 g/mol. The number of nitrogens with zero attached hydrogens (tertiary/aromatic N) is 6. The van der Waals surface area contributed by atoms with Crippen LogP contribution in [0.5, 0.6) is 0 Å². The average molecular weight is 388 g/mol. The van der Waals surface area contributed by atoms with Gasteiger partial charge in [-0.05, 0) is 13.3 Å². The SMILES string of the molecule is C[C@@H]1[C@@H](O)CN1c1c(-c2cn[nH]c2)ncn2nc(N[C@H]3CCOC[C@H]3F)nc12. The molecule has 5 rings (SSSR count). The molecule has 0 aromatic carbocycles. The molecule has 2 aliphatic rings. The van der Waals surface area contributed by atoms with E-state index in [1.165, 1.54) is 0 Å². The number of aliphatic hydroxyl groups is 1. The second-order valence-corrected chi connectivity index (χ2v) is 7.22. The number of hydrogen-bond donors (Lipinski definition) is 3. The Hall–Kier alpha value is -2.79. The summed E-state index contributed by atoms with van der Waals surface area (Å²) in [6.07, 6.45) is 4.06. The minimum Gasteiger partial charge on any atom is -0.389 e. The number of hydrogen-bond acceptors (Lipinski definition) is 8. The highest BCUT2D eigenvalue weighted by Gasteiger charge is 2.38. The van der Waals surface area contributed by atoms with Crippen molar-refractivity contribution in [1.82, 2.24) is 29.8 Å². The van der Waals surface area contributed by atoms with Crippen LogP contribution >= 0.6 is 0 Å². The lowest BCUT2D eigenvalue weighted by Crippen LogP contribution is -2.59. The van der Waals surface area contributed by atoms with E-state index >= 15 is 0 Å². The number of nitrogens with one attached hydrogen (secondary N) is 2. The number of aromatic nitrogens is 6. The van der Waals surface area contributed by atoms with Gasteiger partial charge in [-0.2, -0.15) is 14.6 Å². The first-order chi connectivity index (χ1) is 13.6. The lowest BCUT2D eigenvalue weighted by atomic mass is 9.99. The highest BCUT2D eigenvalue weighted by Crippen LogP contribution is 2.37. The smallest absolute Gasteiger partial charge is 0.243 e. The van der Waals surface area contributed by atoms with Gasteiger partial charge in [0.25, 0.3) is 0 Å². The molecule has 2 fully saturated rings. The van der Waals surface area contributed by atoms with E-state index in [2.05, 4.69) is 30.6 Å².